The predicted octanol–water partition coefficient (Wildman–Crippen LogP) is 3.63. The van der Waals surface area contributed by atoms with Gasteiger partial charge in [-0.2, -0.15) is 13.2 Å². The van der Waals surface area contributed by atoms with Crippen molar-refractivity contribution in [2.75, 3.05) is 0 Å². The Morgan fingerprint density at radius 3 is 2.65 bits per heavy atom. The van der Waals surface area contributed by atoms with Gasteiger partial charge in [0.2, 0.25) is 5.91 Å². The van der Waals surface area contributed by atoms with E-state index in [4.69, 9.17) is 5.73 Å². The molecule has 1 rings (SSSR count). The van der Waals surface area contributed by atoms with Crippen molar-refractivity contribution in [2.24, 2.45) is 5.73 Å². The number of hydrogen-bond acceptors (Lipinski definition) is 1. The van der Waals surface area contributed by atoms with E-state index < -0.39 is 17.6 Å². The number of halogens is 3. The van der Waals surface area contributed by atoms with Gasteiger partial charge in [0.25, 0.3) is 0 Å². The Bertz CT molecular complexity index is 504. The summed E-state index contributed by atoms with van der Waals surface area (Å²) in [6.07, 6.45) is 4.05. The second-order valence-electron chi connectivity index (χ2n) is 4.28. The molecule has 108 valence electrons. The first kappa shape index (κ1) is 16.0. The predicted molar refractivity (Wildman–Crippen MR) is 71.9 cm³/mol. The summed E-state index contributed by atoms with van der Waals surface area (Å²) in [6.45, 7) is 0. The van der Waals surface area contributed by atoms with E-state index in [2.05, 4.69) is 0 Å². The van der Waals surface area contributed by atoms with E-state index >= 15 is 0 Å². The summed E-state index contributed by atoms with van der Waals surface area (Å²) >= 11 is 0. The van der Waals surface area contributed by atoms with Crippen LogP contribution in [0.4, 0.5) is 13.2 Å². The molecule has 20 heavy (non-hydrogen) atoms. The zero-order valence-electron chi connectivity index (χ0n) is 10.9. The number of amides is 1. The van der Waals surface area contributed by atoms with Gasteiger partial charge in [-0.05, 0) is 30.9 Å². The molecule has 2 nitrogen and oxygen atoms in total. The van der Waals surface area contributed by atoms with Crippen LogP contribution in [0.25, 0.3) is 0 Å². The molecular weight excluding hydrogens is 267 g/mol. The zero-order valence-corrected chi connectivity index (χ0v) is 10.9. The highest BCUT2D eigenvalue weighted by Crippen LogP contribution is 2.29. The number of rotatable bonds is 6. The maximum Gasteiger partial charge on any atom is 0.416 e. The molecule has 0 bridgehead atoms. The van der Waals surface area contributed by atoms with E-state index in [0.29, 0.717) is 12.0 Å². The number of allylic oxidation sites excluding steroid dienone is 3. The molecule has 0 fully saturated rings. The zero-order chi connectivity index (χ0) is 15.0. The fourth-order valence-corrected chi connectivity index (χ4v) is 1.65. The van der Waals surface area contributed by atoms with Gasteiger partial charge in [-0.25, -0.2) is 0 Å². The van der Waals surface area contributed by atoms with Crippen molar-refractivity contribution in [3.05, 3.63) is 59.7 Å². The molecule has 0 saturated carbocycles. The van der Waals surface area contributed by atoms with Crippen LogP contribution in [-0.4, -0.2) is 5.91 Å². The Morgan fingerprint density at radius 1 is 1.25 bits per heavy atom. The third-order valence-electron chi connectivity index (χ3n) is 2.60. The monoisotopic (exact) mass is 283 g/mol. The Labute approximate surface area is 115 Å². The topological polar surface area (TPSA) is 43.1 Å². The van der Waals surface area contributed by atoms with Crippen molar-refractivity contribution in [3.8, 4) is 0 Å². The Balaban J connectivity index is 2.41. The van der Waals surface area contributed by atoms with Gasteiger partial charge in [-0.3, -0.25) is 4.79 Å². The van der Waals surface area contributed by atoms with Crippen LogP contribution in [0, 0.1) is 0 Å². The first-order chi connectivity index (χ1) is 9.39. The van der Waals surface area contributed by atoms with Crippen molar-refractivity contribution < 1.29 is 18.0 Å². The van der Waals surface area contributed by atoms with Gasteiger partial charge in [0, 0.05) is 6.08 Å². The largest absolute Gasteiger partial charge is 0.416 e. The molecule has 1 aromatic rings. The smallest absolute Gasteiger partial charge is 0.366 e. The summed E-state index contributed by atoms with van der Waals surface area (Å²) in [4.78, 5) is 10.4. The van der Waals surface area contributed by atoms with Gasteiger partial charge < -0.3 is 5.73 Å². The van der Waals surface area contributed by atoms with E-state index in [9.17, 15) is 18.0 Å². The average molecular weight is 283 g/mol. The minimum Gasteiger partial charge on any atom is -0.366 e. The summed E-state index contributed by atoms with van der Waals surface area (Å²) in [7, 11) is 0. The molecule has 0 aliphatic heterocycles. The van der Waals surface area contributed by atoms with Crippen molar-refractivity contribution in [1.29, 1.82) is 0 Å². The number of primary amides is 1. The van der Waals surface area contributed by atoms with E-state index in [1.807, 2.05) is 6.08 Å². The van der Waals surface area contributed by atoms with Crippen LogP contribution in [0.5, 0.6) is 0 Å². The Kier molecular flexibility index (Phi) is 6.03. The number of nitrogens with two attached hydrogens (primary N) is 1. The molecule has 1 amide bonds. The van der Waals surface area contributed by atoms with Gasteiger partial charge in [0.05, 0.1) is 5.56 Å². The lowest BCUT2D eigenvalue weighted by Crippen LogP contribution is -2.05. The van der Waals surface area contributed by atoms with Crippen molar-refractivity contribution >= 4 is 5.91 Å². The molecule has 0 aliphatic carbocycles. The first-order valence-corrected chi connectivity index (χ1v) is 6.18. The third kappa shape index (κ3) is 6.22. The molecule has 1 aromatic carbocycles. The lowest BCUT2D eigenvalue weighted by molar-refractivity contribution is -0.137. The number of carbonyl (C=O) groups is 1. The summed E-state index contributed by atoms with van der Waals surface area (Å²) in [5.74, 6) is -0.515. The quantitative estimate of drug-likeness (QED) is 0.483. The van der Waals surface area contributed by atoms with Gasteiger partial charge >= 0.3 is 6.18 Å². The fraction of sp³-hybridized carbons (Fsp3) is 0.267. The number of aryl methyl sites for hydroxylation is 1. The highest BCUT2D eigenvalue weighted by molar-refractivity contribution is 5.85. The highest BCUT2D eigenvalue weighted by Gasteiger charge is 2.30. The second-order valence-corrected chi connectivity index (χ2v) is 4.28. The SMILES string of the molecule is NC(=O)C=CC=CCCCc1cccc(C(F)(F)F)c1. The van der Waals surface area contributed by atoms with Crippen molar-refractivity contribution in [1.82, 2.24) is 0 Å². The summed E-state index contributed by atoms with van der Waals surface area (Å²) in [5, 5.41) is 0. The summed E-state index contributed by atoms with van der Waals surface area (Å²) in [6, 6.07) is 5.35. The molecule has 0 saturated heterocycles. The van der Waals surface area contributed by atoms with Gasteiger partial charge in [-0.1, -0.05) is 36.4 Å². The lowest BCUT2D eigenvalue weighted by atomic mass is 10.0. The molecule has 0 radical (unpaired) electrons. The van der Waals surface area contributed by atoms with Crippen molar-refractivity contribution in [3.63, 3.8) is 0 Å². The van der Waals surface area contributed by atoms with Crippen LogP contribution < -0.4 is 5.73 Å². The van der Waals surface area contributed by atoms with Crippen LogP contribution in [-0.2, 0) is 17.4 Å². The maximum atomic E-state index is 12.5. The minimum atomic E-state index is -4.30. The van der Waals surface area contributed by atoms with Crippen molar-refractivity contribution in [2.45, 2.75) is 25.4 Å². The van der Waals surface area contributed by atoms with Crippen LogP contribution in [0.15, 0.2) is 48.6 Å². The first-order valence-electron chi connectivity index (χ1n) is 6.18. The second kappa shape index (κ2) is 7.53. The van der Waals surface area contributed by atoms with Gasteiger partial charge in [-0.15, -0.1) is 0 Å². The van der Waals surface area contributed by atoms with E-state index in [1.54, 1.807) is 12.1 Å². The van der Waals surface area contributed by atoms with E-state index in [1.165, 1.54) is 24.3 Å². The van der Waals surface area contributed by atoms with Crippen LogP contribution >= 0.6 is 0 Å². The van der Waals surface area contributed by atoms with E-state index in [0.717, 1.165) is 18.9 Å². The van der Waals surface area contributed by atoms with Gasteiger partial charge in [0.1, 0.15) is 0 Å². The Morgan fingerprint density at radius 2 is 2.00 bits per heavy atom. The number of hydrogen-bond donors (Lipinski definition) is 1. The molecule has 0 aromatic heterocycles. The number of unbranched alkanes of at least 4 members (excludes halogenated alkanes) is 1. The fourth-order valence-electron chi connectivity index (χ4n) is 1.65. The number of benzene rings is 1. The van der Waals surface area contributed by atoms with E-state index in [-0.39, 0.29) is 0 Å². The number of alkyl halides is 3. The molecule has 5 heteroatoms. The number of carbonyl (C=O) groups excluding carboxylic acids is 1. The molecule has 0 aliphatic rings. The van der Waals surface area contributed by atoms with Gasteiger partial charge in [0.15, 0.2) is 0 Å². The summed E-state index contributed by atoms with van der Waals surface area (Å²) < 4.78 is 37.5. The average Bonchev–Trinajstić information content (AvgIpc) is 2.36. The normalized spacial score (nSPS) is 12.3. The maximum absolute atomic E-state index is 12.5. The molecule has 2 N–H and O–H groups in total. The molecule has 0 atom stereocenters. The molecule has 0 heterocycles. The van der Waals surface area contributed by atoms with Crippen LogP contribution in [0.3, 0.4) is 0 Å². The molecular formula is C15H16F3NO. The Hall–Kier alpha value is -2.04. The minimum absolute atomic E-state index is 0.515. The summed E-state index contributed by atoms with van der Waals surface area (Å²) in [5.41, 5.74) is 4.96. The van der Waals surface area contributed by atoms with Crippen LogP contribution in [0.2, 0.25) is 0 Å². The standard InChI is InChI=1S/C15H16F3NO/c16-15(17,18)13-9-6-8-12(11-13)7-4-2-1-3-5-10-14(19)20/h1,3,5-6,8-11H,2,4,7H2,(H2,19,20). The highest BCUT2D eigenvalue weighted by atomic mass is 19.4. The lowest BCUT2D eigenvalue weighted by Gasteiger charge is -2.08. The van der Waals surface area contributed by atoms with Crippen LogP contribution in [0.1, 0.15) is 24.0 Å². The molecule has 0 unspecified atom stereocenters. The third-order valence-corrected chi connectivity index (χ3v) is 2.60. The molecule has 0 spiro atoms.